The summed E-state index contributed by atoms with van der Waals surface area (Å²) >= 11 is 0. The molecule has 10 heteroatoms. The van der Waals surface area contributed by atoms with Crippen molar-refractivity contribution in [1.29, 1.82) is 0 Å². The minimum Gasteiger partial charge on any atom is -0.370 e. The molecule has 10 nitrogen and oxygen atoms in total. The summed E-state index contributed by atoms with van der Waals surface area (Å²) in [6.07, 6.45) is 0.924. The highest BCUT2D eigenvalue weighted by atomic mass is 16.2. The Morgan fingerprint density at radius 3 is 2.29 bits per heavy atom. The minimum atomic E-state index is -0.930. The van der Waals surface area contributed by atoms with Gasteiger partial charge >= 0.3 is 0 Å². The lowest BCUT2D eigenvalue weighted by Gasteiger charge is -2.22. The molecule has 0 aliphatic rings. The second-order valence-corrected chi connectivity index (χ2v) is 7.90. The first-order chi connectivity index (χ1) is 16.3. The molecule has 178 valence electrons. The van der Waals surface area contributed by atoms with Gasteiger partial charge in [-0.1, -0.05) is 48.5 Å². The molecule has 0 fully saturated rings. The van der Waals surface area contributed by atoms with Gasteiger partial charge in [-0.25, -0.2) is 0 Å². The fourth-order valence-corrected chi connectivity index (χ4v) is 3.55. The maximum Gasteiger partial charge on any atom is 0.268 e. The van der Waals surface area contributed by atoms with Crippen molar-refractivity contribution in [3.63, 3.8) is 0 Å². The Hall–Kier alpha value is -4.34. The van der Waals surface area contributed by atoms with Crippen molar-refractivity contribution in [2.45, 2.75) is 31.3 Å². The summed E-state index contributed by atoms with van der Waals surface area (Å²) in [6, 6.07) is 16.5. The highest BCUT2D eigenvalue weighted by Gasteiger charge is 2.26. The van der Waals surface area contributed by atoms with Gasteiger partial charge in [0.25, 0.3) is 5.91 Å². The van der Waals surface area contributed by atoms with Crippen molar-refractivity contribution in [3.05, 3.63) is 71.9 Å². The maximum atomic E-state index is 13.1. The third-order valence-corrected chi connectivity index (χ3v) is 5.28. The Kier molecular flexibility index (Phi) is 8.22. The van der Waals surface area contributed by atoms with Gasteiger partial charge in [0.1, 0.15) is 17.8 Å². The number of H-pyrrole nitrogens is 1. The maximum absolute atomic E-state index is 13.1. The van der Waals surface area contributed by atoms with Gasteiger partial charge in [-0.15, -0.1) is 0 Å². The van der Waals surface area contributed by atoms with Gasteiger partial charge in [0.2, 0.25) is 11.8 Å². The molecule has 34 heavy (non-hydrogen) atoms. The number of fused-ring (bicyclic) bond motifs is 1. The Morgan fingerprint density at radius 1 is 0.912 bits per heavy atom. The van der Waals surface area contributed by atoms with Crippen LogP contribution in [0, 0.1) is 0 Å². The zero-order valence-electron chi connectivity index (χ0n) is 18.7. The number of carbonyl (C=O) groups excluding carboxylic acids is 3. The molecule has 0 aliphatic heterocycles. The SMILES string of the molecule is NC(=O)[C@@H](Cc1ccccc1)NC(=O)[C@H](CCCN=C(N)N)NC(=O)c1cc2ccccc2[nH]1. The molecule has 9 N–H and O–H groups in total. The quantitative estimate of drug-likeness (QED) is 0.138. The average Bonchev–Trinajstić information content (AvgIpc) is 3.25. The van der Waals surface area contributed by atoms with Crippen LogP contribution >= 0.6 is 0 Å². The second-order valence-electron chi connectivity index (χ2n) is 7.90. The van der Waals surface area contributed by atoms with Crippen molar-refractivity contribution in [2.24, 2.45) is 22.2 Å². The number of nitrogens with two attached hydrogens (primary N) is 3. The summed E-state index contributed by atoms with van der Waals surface area (Å²) in [5, 5.41) is 6.29. The predicted molar refractivity (Wildman–Crippen MR) is 131 cm³/mol. The lowest BCUT2D eigenvalue weighted by Crippen LogP contribution is -2.53. The number of hydrogen-bond donors (Lipinski definition) is 6. The van der Waals surface area contributed by atoms with E-state index in [0.29, 0.717) is 12.1 Å². The van der Waals surface area contributed by atoms with Crippen molar-refractivity contribution in [3.8, 4) is 0 Å². The van der Waals surface area contributed by atoms with Crippen LogP contribution in [0.2, 0.25) is 0 Å². The minimum absolute atomic E-state index is 0.0558. The van der Waals surface area contributed by atoms with Crippen molar-refractivity contribution in [2.75, 3.05) is 6.54 Å². The Morgan fingerprint density at radius 2 is 1.62 bits per heavy atom. The summed E-state index contributed by atoms with van der Waals surface area (Å²) in [5.74, 6) is -1.69. The van der Waals surface area contributed by atoms with Crippen LogP contribution < -0.4 is 27.8 Å². The number of benzene rings is 2. The smallest absolute Gasteiger partial charge is 0.268 e. The van der Waals surface area contributed by atoms with Crippen molar-refractivity contribution < 1.29 is 14.4 Å². The summed E-state index contributed by atoms with van der Waals surface area (Å²) in [4.78, 5) is 45.0. The molecule has 3 aromatic rings. The fraction of sp³-hybridized carbons (Fsp3) is 0.250. The number of aromatic amines is 1. The molecule has 0 saturated heterocycles. The molecule has 0 bridgehead atoms. The number of nitrogens with zero attached hydrogens (tertiary/aromatic N) is 1. The summed E-state index contributed by atoms with van der Waals surface area (Å²) in [6.45, 7) is 0.289. The van der Waals surface area contributed by atoms with Crippen LogP contribution in [0.1, 0.15) is 28.9 Å². The highest BCUT2D eigenvalue weighted by molar-refractivity contribution is 6.00. The Balaban J connectivity index is 1.73. The molecule has 0 radical (unpaired) electrons. The number of aromatic nitrogens is 1. The van der Waals surface area contributed by atoms with Gasteiger partial charge in [0.15, 0.2) is 5.96 Å². The molecule has 3 amide bonds. The summed E-state index contributed by atoms with van der Waals surface area (Å²) in [5.41, 5.74) is 18.2. The normalized spacial score (nSPS) is 12.5. The Labute approximate surface area is 197 Å². The lowest BCUT2D eigenvalue weighted by molar-refractivity contribution is -0.128. The number of carbonyl (C=O) groups is 3. The van der Waals surface area contributed by atoms with E-state index in [0.717, 1.165) is 16.5 Å². The topological polar surface area (TPSA) is 181 Å². The van der Waals surface area contributed by atoms with E-state index in [1.807, 2.05) is 54.6 Å². The number of primary amides is 1. The average molecular weight is 464 g/mol. The first-order valence-corrected chi connectivity index (χ1v) is 10.9. The zero-order valence-corrected chi connectivity index (χ0v) is 18.7. The monoisotopic (exact) mass is 463 g/mol. The van der Waals surface area contributed by atoms with E-state index in [1.165, 1.54) is 0 Å². The zero-order chi connectivity index (χ0) is 24.5. The molecule has 0 aliphatic carbocycles. The van der Waals surface area contributed by atoms with Gasteiger partial charge in [-0.3, -0.25) is 19.4 Å². The van der Waals surface area contributed by atoms with Crippen LogP contribution in [0.25, 0.3) is 10.9 Å². The molecule has 3 rings (SSSR count). The van der Waals surface area contributed by atoms with Crippen LogP contribution in [0.4, 0.5) is 0 Å². The number of rotatable bonds is 11. The molecule has 0 unspecified atom stereocenters. The van der Waals surface area contributed by atoms with E-state index < -0.39 is 29.8 Å². The van der Waals surface area contributed by atoms with E-state index in [4.69, 9.17) is 17.2 Å². The van der Waals surface area contributed by atoms with Gasteiger partial charge in [-0.05, 0) is 30.5 Å². The van der Waals surface area contributed by atoms with E-state index in [2.05, 4.69) is 20.6 Å². The fourth-order valence-electron chi connectivity index (χ4n) is 3.55. The number of hydrogen-bond acceptors (Lipinski definition) is 4. The summed E-state index contributed by atoms with van der Waals surface area (Å²) in [7, 11) is 0. The molecule has 0 saturated carbocycles. The molecule has 2 aromatic carbocycles. The predicted octanol–water partition coefficient (Wildman–Crippen LogP) is 0.533. The van der Waals surface area contributed by atoms with Gasteiger partial charge in [0.05, 0.1) is 0 Å². The van der Waals surface area contributed by atoms with Crippen LogP contribution in [0.3, 0.4) is 0 Å². The molecule has 0 spiro atoms. The highest BCUT2D eigenvalue weighted by Crippen LogP contribution is 2.15. The summed E-state index contributed by atoms with van der Waals surface area (Å²) < 4.78 is 0. The first kappa shape index (κ1) is 24.3. The third kappa shape index (κ3) is 6.83. The van der Waals surface area contributed by atoms with Crippen LogP contribution in [0.5, 0.6) is 0 Å². The number of aliphatic imine (C=N–C) groups is 1. The van der Waals surface area contributed by atoms with Crippen molar-refractivity contribution in [1.82, 2.24) is 15.6 Å². The molecular formula is C24H29N7O3. The molecule has 1 aromatic heterocycles. The van der Waals surface area contributed by atoms with E-state index >= 15 is 0 Å². The van der Waals surface area contributed by atoms with Gasteiger partial charge in [0, 0.05) is 23.9 Å². The van der Waals surface area contributed by atoms with Gasteiger partial charge in [-0.2, -0.15) is 0 Å². The Bertz CT molecular complexity index is 1140. The largest absolute Gasteiger partial charge is 0.370 e. The third-order valence-electron chi connectivity index (χ3n) is 5.28. The molecule has 2 atom stereocenters. The number of nitrogens with one attached hydrogen (secondary N) is 3. The van der Waals surface area contributed by atoms with Crippen LogP contribution in [-0.2, 0) is 16.0 Å². The van der Waals surface area contributed by atoms with Gasteiger partial charge < -0.3 is 32.8 Å². The second kappa shape index (κ2) is 11.5. The number of para-hydroxylation sites is 1. The molecule has 1 heterocycles. The molecular weight excluding hydrogens is 434 g/mol. The number of guanidine groups is 1. The standard InChI is InChI=1S/C24H29N7O3/c25-21(32)19(13-15-7-2-1-3-8-15)31-22(33)18(11-6-12-28-24(26)27)30-23(34)20-14-16-9-4-5-10-17(16)29-20/h1-5,7-10,14,18-19,29H,6,11-13H2,(H2,25,32)(H,30,34)(H,31,33)(H4,26,27,28)/t18-,19+/m0/s1. The van der Waals surface area contributed by atoms with Crippen molar-refractivity contribution >= 4 is 34.6 Å². The van der Waals surface area contributed by atoms with E-state index in [-0.39, 0.29) is 25.3 Å². The lowest BCUT2D eigenvalue weighted by atomic mass is 10.0. The van der Waals surface area contributed by atoms with E-state index in [1.54, 1.807) is 6.07 Å². The first-order valence-electron chi connectivity index (χ1n) is 10.9. The number of amides is 3. The van der Waals surface area contributed by atoms with E-state index in [9.17, 15) is 14.4 Å². The van der Waals surface area contributed by atoms with Crippen LogP contribution in [0.15, 0.2) is 65.7 Å². The van der Waals surface area contributed by atoms with Crippen LogP contribution in [-0.4, -0.2) is 47.3 Å².